The first-order valence-electron chi connectivity index (χ1n) is 6.77. The van der Waals surface area contributed by atoms with Crippen LogP contribution in [0.4, 0.5) is 0 Å². The minimum absolute atomic E-state index is 0.0402. The Morgan fingerprint density at radius 2 is 1.85 bits per heavy atom. The molecule has 0 spiro atoms. The Balaban J connectivity index is 2.59. The van der Waals surface area contributed by atoms with E-state index in [1.54, 1.807) is 12.1 Å². The number of pyridine rings is 1. The topological polar surface area (TPSA) is 53.1 Å². The van der Waals surface area contributed by atoms with Crippen LogP contribution in [0.25, 0.3) is 11.1 Å². The molecule has 0 aliphatic carbocycles. The fourth-order valence-corrected chi connectivity index (χ4v) is 2.21. The van der Waals surface area contributed by atoms with Gasteiger partial charge in [0, 0.05) is 11.3 Å². The number of aryl methyl sites for hydroxylation is 1. The number of hydrogen-bond acceptors (Lipinski definition) is 2. The number of aliphatic hydroxyl groups excluding tert-OH is 1. The molecule has 0 bridgehead atoms. The average molecular weight is 271 g/mol. The van der Waals surface area contributed by atoms with Crippen LogP contribution < -0.4 is 5.56 Å². The Morgan fingerprint density at radius 3 is 2.40 bits per heavy atom. The van der Waals surface area contributed by atoms with E-state index >= 15 is 0 Å². The quantitative estimate of drug-likeness (QED) is 0.881. The lowest BCUT2D eigenvalue weighted by Gasteiger charge is -2.20. The van der Waals surface area contributed by atoms with Gasteiger partial charge in [0.05, 0.1) is 6.61 Å². The summed E-state index contributed by atoms with van der Waals surface area (Å²) in [7, 11) is 0. The Kier molecular flexibility index (Phi) is 3.82. The van der Waals surface area contributed by atoms with Crippen LogP contribution in [0.3, 0.4) is 0 Å². The lowest BCUT2D eigenvalue weighted by atomic mass is 9.84. The molecule has 2 aromatic rings. The van der Waals surface area contributed by atoms with Gasteiger partial charge in [0.15, 0.2) is 0 Å². The standard InChI is InChI=1S/C17H21NO2/c1-11-7-12(9-13(8-11)17(2,3)4)15-6-5-14(10-19)18-16(15)20/h5-9,19H,10H2,1-4H3,(H,18,20). The zero-order valence-electron chi connectivity index (χ0n) is 12.4. The Bertz CT molecular complexity index is 678. The first-order valence-corrected chi connectivity index (χ1v) is 6.77. The third-order valence-electron chi connectivity index (χ3n) is 3.39. The highest BCUT2D eigenvalue weighted by molar-refractivity contribution is 5.64. The molecule has 3 nitrogen and oxygen atoms in total. The second-order valence-electron chi connectivity index (χ2n) is 6.22. The normalized spacial score (nSPS) is 11.7. The average Bonchev–Trinajstić information content (AvgIpc) is 2.36. The van der Waals surface area contributed by atoms with Gasteiger partial charge in [0.1, 0.15) is 0 Å². The molecule has 0 amide bonds. The number of benzene rings is 1. The van der Waals surface area contributed by atoms with E-state index in [0.29, 0.717) is 11.3 Å². The molecule has 2 rings (SSSR count). The maximum atomic E-state index is 12.1. The number of H-pyrrole nitrogens is 1. The highest BCUT2D eigenvalue weighted by Gasteiger charge is 2.16. The molecule has 2 N–H and O–H groups in total. The van der Waals surface area contributed by atoms with Crippen molar-refractivity contribution in [1.82, 2.24) is 4.98 Å². The molecule has 0 fully saturated rings. The molecule has 1 aromatic carbocycles. The van der Waals surface area contributed by atoms with Crippen molar-refractivity contribution < 1.29 is 5.11 Å². The van der Waals surface area contributed by atoms with E-state index in [1.165, 1.54) is 5.56 Å². The largest absolute Gasteiger partial charge is 0.390 e. The summed E-state index contributed by atoms with van der Waals surface area (Å²) in [6.07, 6.45) is 0. The highest BCUT2D eigenvalue weighted by atomic mass is 16.3. The predicted octanol–water partition coefficient (Wildman–Crippen LogP) is 3.14. The van der Waals surface area contributed by atoms with Crippen LogP contribution in [0.2, 0.25) is 0 Å². The molecule has 1 heterocycles. The van der Waals surface area contributed by atoms with Crippen LogP contribution >= 0.6 is 0 Å². The zero-order valence-corrected chi connectivity index (χ0v) is 12.4. The van der Waals surface area contributed by atoms with Gasteiger partial charge in [0.25, 0.3) is 5.56 Å². The van der Waals surface area contributed by atoms with E-state index in [-0.39, 0.29) is 17.6 Å². The lowest BCUT2D eigenvalue weighted by molar-refractivity contribution is 0.276. The molecule has 0 radical (unpaired) electrons. The van der Waals surface area contributed by atoms with Crippen LogP contribution in [0.15, 0.2) is 35.1 Å². The number of nitrogens with one attached hydrogen (secondary N) is 1. The predicted molar refractivity (Wildman–Crippen MR) is 81.9 cm³/mol. The summed E-state index contributed by atoms with van der Waals surface area (Å²) in [4.78, 5) is 14.8. The van der Waals surface area contributed by atoms with Gasteiger partial charge >= 0.3 is 0 Å². The van der Waals surface area contributed by atoms with Gasteiger partial charge in [-0.2, -0.15) is 0 Å². The summed E-state index contributed by atoms with van der Waals surface area (Å²) < 4.78 is 0. The Morgan fingerprint density at radius 1 is 1.15 bits per heavy atom. The van der Waals surface area contributed by atoms with E-state index in [4.69, 9.17) is 5.11 Å². The van der Waals surface area contributed by atoms with E-state index in [1.807, 2.05) is 13.0 Å². The smallest absolute Gasteiger partial charge is 0.256 e. The molecular formula is C17H21NO2. The molecule has 106 valence electrons. The van der Waals surface area contributed by atoms with Gasteiger partial charge in [-0.15, -0.1) is 0 Å². The monoisotopic (exact) mass is 271 g/mol. The van der Waals surface area contributed by atoms with Crippen molar-refractivity contribution in [3.8, 4) is 11.1 Å². The van der Waals surface area contributed by atoms with Gasteiger partial charge < -0.3 is 10.1 Å². The molecule has 3 heteroatoms. The van der Waals surface area contributed by atoms with Crippen molar-refractivity contribution in [2.75, 3.05) is 0 Å². The van der Waals surface area contributed by atoms with Crippen molar-refractivity contribution >= 4 is 0 Å². The third-order valence-corrected chi connectivity index (χ3v) is 3.39. The Hall–Kier alpha value is -1.87. The summed E-state index contributed by atoms with van der Waals surface area (Å²) in [5.74, 6) is 0. The number of rotatable bonds is 2. The molecule has 0 saturated carbocycles. The molecule has 0 aliphatic rings. The number of hydrogen-bond donors (Lipinski definition) is 2. The molecule has 0 atom stereocenters. The van der Waals surface area contributed by atoms with Gasteiger partial charge in [0.2, 0.25) is 0 Å². The summed E-state index contributed by atoms with van der Waals surface area (Å²) in [6, 6.07) is 9.75. The van der Waals surface area contributed by atoms with Crippen LogP contribution in [-0.2, 0) is 12.0 Å². The Labute approximate surface area is 119 Å². The zero-order chi connectivity index (χ0) is 14.9. The van der Waals surface area contributed by atoms with E-state index in [9.17, 15) is 4.79 Å². The molecule has 1 aromatic heterocycles. The SMILES string of the molecule is Cc1cc(-c2ccc(CO)[nH]c2=O)cc(C(C)(C)C)c1. The summed E-state index contributed by atoms with van der Waals surface area (Å²) >= 11 is 0. The number of aromatic nitrogens is 1. The first-order chi connectivity index (χ1) is 9.31. The van der Waals surface area contributed by atoms with Crippen molar-refractivity contribution in [3.05, 3.63) is 57.5 Å². The van der Waals surface area contributed by atoms with E-state index in [0.717, 1.165) is 11.1 Å². The van der Waals surface area contributed by atoms with E-state index < -0.39 is 0 Å². The molecular weight excluding hydrogens is 250 g/mol. The minimum atomic E-state index is -0.165. The van der Waals surface area contributed by atoms with Crippen LogP contribution in [0.5, 0.6) is 0 Å². The van der Waals surface area contributed by atoms with Gasteiger partial charge in [-0.05, 0) is 35.6 Å². The fourth-order valence-electron chi connectivity index (χ4n) is 2.21. The summed E-state index contributed by atoms with van der Waals surface area (Å²) in [5, 5.41) is 9.05. The lowest BCUT2D eigenvalue weighted by Crippen LogP contribution is -2.14. The van der Waals surface area contributed by atoms with Crippen molar-refractivity contribution in [1.29, 1.82) is 0 Å². The highest BCUT2D eigenvalue weighted by Crippen LogP contribution is 2.27. The van der Waals surface area contributed by atoms with Gasteiger partial charge in [-0.1, -0.05) is 44.5 Å². The van der Waals surface area contributed by atoms with Crippen molar-refractivity contribution in [3.63, 3.8) is 0 Å². The van der Waals surface area contributed by atoms with Crippen LogP contribution in [-0.4, -0.2) is 10.1 Å². The molecule has 20 heavy (non-hydrogen) atoms. The molecule has 0 unspecified atom stereocenters. The van der Waals surface area contributed by atoms with Crippen LogP contribution in [0.1, 0.15) is 37.6 Å². The molecule has 0 aliphatic heterocycles. The van der Waals surface area contributed by atoms with Crippen molar-refractivity contribution in [2.45, 2.75) is 39.7 Å². The second kappa shape index (κ2) is 5.25. The second-order valence-corrected chi connectivity index (χ2v) is 6.22. The van der Waals surface area contributed by atoms with Crippen molar-refractivity contribution in [2.24, 2.45) is 0 Å². The summed E-state index contributed by atoms with van der Waals surface area (Å²) in [5.41, 5.74) is 4.30. The van der Waals surface area contributed by atoms with Gasteiger partial charge in [-0.25, -0.2) is 0 Å². The van der Waals surface area contributed by atoms with Gasteiger partial charge in [-0.3, -0.25) is 4.79 Å². The maximum Gasteiger partial charge on any atom is 0.256 e. The van der Waals surface area contributed by atoms with E-state index in [2.05, 4.69) is 37.9 Å². The number of aliphatic hydroxyl groups is 1. The fraction of sp³-hybridized carbons (Fsp3) is 0.353. The number of aromatic amines is 1. The molecule has 0 saturated heterocycles. The maximum absolute atomic E-state index is 12.1. The minimum Gasteiger partial charge on any atom is -0.390 e. The first kappa shape index (κ1) is 14.5. The van der Waals surface area contributed by atoms with Crippen LogP contribution in [0, 0.1) is 6.92 Å². The third kappa shape index (κ3) is 2.99. The summed E-state index contributed by atoms with van der Waals surface area (Å²) in [6.45, 7) is 8.35.